The predicted molar refractivity (Wildman–Crippen MR) is 118 cm³/mol. The van der Waals surface area contributed by atoms with Crippen LogP contribution in [0.1, 0.15) is 37.8 Å². The van der Waals surface area contributed by atoms with Crippen LogP contribution in [0.25, 0.3) is 0 Å². The fourth-order valence-electron chi connectivity index (χ4n) is 2.65. The molecule has 0 aliphatic rings. The van der Waals surface area contributed by atoms with Gasteiger partial charge in [-0.2, -0.15) is 5.10 Å². The van der Waals surface area contributed by atoms with E-state index < -0.39 is 22.5 Å². The quantitative estimate of drug-likeness (QED) is 0.467. The lowest BCUT2D eigenvalue weighted by atomic mass is 10.0. The Bertz CT molecular complexity index is 1000. The summed E-state index contributed by atoms with van der Waals surface area (Å²) in [5.74, 6) is 0.0334. The number of nitrogens with one attached hydrogen (secondary N) is 1. The van der Waals surface area contributed by atoms with Gasteiger partial charge in [0.25, 0.3) is 5.91 Å². The van der Waals surface area contributed by atoms with Gasteiger partial charge in [-0.05, 0) is 54.3 Å². The second kappa shape index (κ2) is 10.1. The highest BCUT2D eigenvalue weighted by molar-refractivity contribution is 7.92. The largest absolute Gasteiger partial charge is 0.504 e. The van der Waals surface area contributed by atoms with E-state index in [-0.39, 0.29) is 5.75 Å². The molecule has 0 saturated heterocycles. The van der Waals surface area contributed by atoms with Crippen molar-refractivity contribution in [3.8, 4) is 11.5 Å². The molecular formula is C21H27N3O5S. The Labute approximate surface area is 177 Å². The molecule has 0 unspecified atom stereocenters. The molecule has 0 bridgehead atoms. The summed E-state index contributed by atoms with van der Waals surface area (Å²) >= 11 is 0. The van der Waals surface area contributed by atoms with E-state index in [1.54, 1.807) is 31.2 Å². The van der Waals surface area contributed by atoms with Crippen LogP contribution >= 0.6 is 0 Å². The number of phenolic OH excluding ortho intramolecular Hbond substituents is 1. The average Bonchev–Trinajstić information content (AvgIpc) is 2.68. The summed E-state index contributed by atoms with van der Waals surface area (Å²) in [7, 11) is -3.66. The molecule has 0 radical (unpaired) electrons. The van der Waals surface area contributed by atoms with Gasteiger partial charge in [-0.1, -0.05) is 26.0 Å². The SMILES string of the molecule is CCOc1cc(/C=N\NC(=O)CN(c2ccc(C(C)C)cc2)S(C)(=O)=O)ccc1O. The van der Waals surface area contributed by atoms with Crippen molar-refractivity contribution in [2.45, 2.75) is 26.7 Å². The minimum Gasteiger partial charge on any atom is -0.504 e. The van der Waals surface area contributed by atoms with Gasteiger partial charge in [-0.3, -0.25) is 9.10 Å². The molecule has 30 heavy (non-hydrogen) atoms. The molecule has 0 aromatic heterocycles. The third-order valence-electron chi connectivity index (χ3n) is 4.22. The maximum Gasteiger partial charge on any atom is 0.260 e. The number of aromatic hydroxyl groups is 1. The first-order valence-electron chi connectivity index (χ1n) is 9.47. The van der Waals surface area contributed by atoms with Crippen molar-refractivity contribution in [2.24, 2.45) is 5.10 Å². The Morgan fingerprint density at radius 1 is 1.23 bits per heavy atom. The van der Waals surface area contributed by atoms with E-state index in [1.165, 1.54) is 12.3 Å². The molecule has 0 spiro atoms. The van der Waals surface area contributed by atoms with Crippen LogP contribution in [0.5, 0.6) is 11.5 Å². The number of hydrazone groups is 1. The summed E-state index contributed by atoms with van der Waals surface area (Å²) in [6.07, 6.45) is 2.42. The first-order chi connectivity index (χ1) is 14.1. The minimum absolute atomic E-state index is 0.00492. The number of anilines is 1. The summed E-state index contributed by atoms with van der Waals surface area (Å²) in [6, 6.07) is 11.7. The van der Waals surface area contributed by atoms with Gasteiger partial charge < -0.3 is 9.84 Å². The second-order valence-electron chi connectivity index (χ2n) is 6.97. The molecule has 2 N–H and O–H groups in total. The van der Waals surface area contributed by atoms with Crippen molar-refractivity contribution in [3.63, 3.8) is 0 Å². The molecule has 2 aromatic rings. The molecule has 0 atom stereocenters. The number of sulfonamides is 1. The number of ether oxygens (including phenoxy) is 1. The zero-order valence-electron chi connectivity index (χ0n) is 17.5. The van der Waals surface area contributed by atoms with Gasteiger partial charge in [0.2, 0.25) is 10.0 Å². The monoisotopic (exact) mass is 433 g/mol. The van der Waals surface area contributed by atoms with Crippen LogP contribution in [0.15, 0.2) is 47.6 Å². The number of carbonyl (C=O) groups excluding carboxylic acids is 1. The molecule has 2 aromatic carbocycles. The maximum absolute atomic E-state index is 12.3. The highest BCUT2D eigenvalue weighted by Gasteiger charge is 2.20. The topological polar surface area (TPSA) is 108 Å². The van der Waals surface area contributed by atoms with Gasteiger partial charge in [-0.15, -0.1) is 0 Å². The van der Waals surface area contributed by atoms with Gasteiger partial charge in [0.05, 0.1) is 24.8 Å². The number of phenols is 1. The van der Waals surface area contributed by atoms with E-state index in [1.807, 2.05) is 26.0 Å². The van der Waals surface area contributed by atoms with Gasteiger partial charge in [-0.25, -0.2) is 13.8 Å². The first-order valence-corrected chi connectivity index (χ1v) is 11.3. The van der Waals surface area contributed by atoms with E-state index in [0.29, 0.717) is 29.5 Å². The smallest absolute Gasteiger partial charge is 0.260 e. The third kappa shape index (κ3) is 6.48. The van der Waals surface area contributed by atoms with Gasteiger partial charge in [0.1, 0.15) is 6.54 Å². The lowest BCUT2D eigenvalue weighted by Crippen LogP contribution is -2.39. The summed E-state index contributed by atoms with van der Waals surface area (Å²) < 4.78 is 30.7. The van der Waals surface area contributed by atoms with Crippen LogP contribution in [0, 0.1) is 0 Å². The van der Waals surface area contributed by atoms with Crippen LogP contribution < -0.4 is 14.5 Å². The summed E-state index contributed by atoms with van der Waals surface area (Å²) in [4.78, 5) is 12.3. The lowest BCUT2D eigenvalue weighted by molar-refractivity contribution is -0.119. The molecular weight excluding hydrogens is 406 g/mol. The van der Waals surface area contributed by atoms with Crippen LogP contribution in [0.3, 0.4) is 0 Å². The fraction of sp³-hybridized carbons (Fsp3) is 0.333. The number of rotatable bonds is 9. The number of hydrogen-bond donors (Lipinski definition) is 2. The summed E-state index contributed by atoms with van der Waals surface area (Å²) in [6.45, 7) is 5.87. The highest BCUT2D eigenvalue weighted by Crippen LogP contribution is 2.26. The Balaban J connectivity index is 2.08. The van der Waals surface area contributed by atoms with Crippen molar-refractivity contribution >= 4 is 27.8 Å². The van der Waals surface area contributed by atoms with E-state index in [2.05, 4.69) is 10.5 Å². The molecule has 0 fully saturated rings. The van der Waals surface area contributed by atoms with Gasteiger partial charge in [0.15, 0.2) is 11.5 Å². The Hall–Kier alpha value is -3.07. The molecule has 9 heteroatoms. The average molecular weight is 434 g/mol. The van der Waals surface area contributed by atoms with Crippen molar-refractivity contribution in [1.29, 1.82) is 0 Å². The Morgan fingerprint density at radius 2 is 1.90 bits per heavy atom. The minimum atomic E-state index is -3.66. The van der Waals surface area contributed by atoms with Crippen molar-refractivity contribution in [1.82, 2.24) is 5.43 Å². The number of carbonyl (C=O) groups is 1. The van der Waals surface area contributed by atoms with E-state index in [0.717, 1.165) is 16.1 Å². The second-order valence-corrected chi connectivity index (χ2v) is 8.88. The van der Waals surface area contributed by atoms with E-state index in [9.17, 15) is 18.3 Å². The van der Waals surface area contributed by atoms with Crippen LogP contribution in [-0.4, -0.2) is 45.1 Å². The molecule has 0 aliphatic carbocycles. The fourth-order valence-corrected chi connectivity index (χ4v) is 3.51. The molecule has 1 amide bonds. The molecule has 0 saturated carbocycles. The number of hydrogen-bond acceptors (Lipinski definition) is 6. The molecule has 0 aliphatic heterocycles. The predicted octanol–water partition coefficient (Wildman–Crippen LogP) is 2.83. The zero-order chi connectivity index (χ0) is 22.3. The third-order valence-corrected chi connectivity index (χ3v) is 5.36. The van der Waals surface area contributed by atoms with Crippen molar-refractivity contribution < 1.29 is 23.1 Å². The normalized spacial score (nSPS) is 11.6. The summed E-state index contributed by atoms with van der Waals surface area (Å²) in [5.41, 5.74) is 4.39. The Morgan fingerprint density at radius 3 is 2.47 bits per heavy atom. The van der Waals surface area contributed by atoms with Crippen LogP contribution in [0.2, 0.25) is 0 Å². The number of nitrogens with zero attached hydrogens (tertiary/aromatic N) is 2. The molecule has 2 rings (SSSR count). The number of benzene rings is 2. The van der Waals surface area contributed by atoms with E-state index >= 15 is 0 Å². The van der Waals surface area contributed by atoms with Crippen LogP contribution in [0.4, 0.5) is 5.69 Å². The van der Waals surface area contributed by atoms with Crippen molar-refractivity contribution in [2.75, 3.05) is 23.7 Å². The van der Waals surface area contributed by atoms with Gasteiger partial charge in [0, 0.05) is 0 Å². The lowest BCUT2D eigenvalue weighted by Gasteiger charge is -2.21. The summed E-state index contributed by atoms with van der Waals surface area (Å²) in [5, 5.41) is 13.6. The molecule has 162 valence electrons. The van der Waals surface area contributed by atoms with Crippen LogP contribution in [-0.2, 0) is 14.8 Å². The molecule has 8 nitrogen and oxygen atoms in total. The number of amides is 1. The van der Waals surface area contributed by atoms with Crippen molar-refractivity contribution in [3.05, 3.63) is 53.6 Å². The zero-order valence-corrected chi connectivity index (χ0v) is 18.3. The van der Waals surface area contributed by atoms with E-state index in [4.69, 9.17) is 4.74 Å². The first kappa shape index (κ1) is 23.2. The highest BCUT2D eigenvalue weighted by atomic mass is 32.2. The molecule has 0 heterocycles. The van der Waals surface area contributed by atoms with Gasteiger partial charge >= 0.3 is 0 Å². The maximum atomic E-state index is 12.3. The standard InChI is InChI=1S/C21H27N3O5S/c1-5-29-20-12-16(6-11-19(20)25)13-22-23-21(26)14-24(30(4,27)28)18-9-7-17(8-10-18)15(2)3/h6-13,15,25H,5,14H2,1-4H3,(H,23,26)/b22-13-. The Kier molecular flexibility index (Phi) is 7.82.